The SMILES string of the molecule is Cc1cccc(C2Cc3[nH]nc(-c4nn[nH]n4)c3C2)c1. The van der Waals surface area contributed by atoms with E-state index in [-0.39, 0.29) is 0 Å². The fraction of sp³-hybridized carbons (Fsp3) is 0.286. The van der Waals surface area contributed by atoms with Gasteiger partial charge in [-0.25, -0.2) is 0 Å². The number of rotatable bonds is 2. The van der Waals surface area contributed by atoms with Gasteiger partial charge in [0.25, 0.3) is 0 Å². The lowest BCUT2D eigenvalue weighted by Crippen LogP contribution is -2.00. The number of aromatic amines is 2. The van der Waals surface area contributed by atoms with Gasteiger partial charge in [-0.1, -0.05) is 29.8 Å². The van der Waals surface area contributed by atoms with E-state index in [1.165, 1.54) is 22.4 Å². The van der Waals surface area contributed by atoms with Crippen LogP contribution >= 0.6 is 0 Å². The van der Waals surface area contributed by atoms with Gasteiger partial charge < -0.3 is 0 Å². The van der Waals surface area contributed by atoms with Gasteiger partial charge >= 0.3 is 0 Å². The average Bonchev–Trinajstić information content (AvgIpc) is 3.14. The number of aryl methyl sites for hydroxylation is 1. The molecule has 20 heavy (non-hydrogen) atoms. The molecule has 2 aromatic heterocycles. The first-order valence-corrected chi connectivity index (χ1v) is 6.68. The molecule has 0 saturated carbocycles. The molecule has 0 aliphatic heterocycles. The van der Waals surface area contributed by atoms with Crippen molar-refractivity contribution < 1.29 is 0 Å². The summed E-state index contributed by atoms with van der Waals surface area (Å²) in [5, 5.41) is 21.5. The molecule has 0 radical (unpaired) electrons. The lowest BCUT2D eigenvalue weighted by molar-refractivity contribution is 0.723. The molecule has 3 aromatic rings. The summed E-state index contributed by atoms with van der Waals surface area (Å²) in [7, 11) is 0. The molecular weight excluding hydrogens is 252 g/mol. The maximum Gasteiger partial charge on any atom is 0.225 e. The number of benzene rings is 1. The van der Waals surface area contributed by atoms with Gasteiger partial charge in [-0.2, -0.15) is 10.3 Å². The molecule has 0 saturated heterocycles. The highest BCUT2D eigenvalue weighted by molar-refractivity contribution is 5.57. The van der Waals surface area contributed by atoms with Crippen LogP contribution in [0.5, 0.6) is 0 Å². The van der Waals surface area contributed by atoms with E-state index < -0.39 is 0 Å². The number of tetrazole rings is 1. The molecule has 0 bridgehead atoms. The summed E-state index contributed by atoms with van der Waals surface area (Å²) in [4.78, 5) is 0. The van der Waals surface area contributed by atoms with Crippen LogP contribution in [-0.4, -0.2) is 30.8 Å². The number of fused-ring (bicyclic) bond motifs is 1. The van der Waals surface area contributed by atoms with E-state index in [9.17, 15) is 0 Å². The molecule has 2 N–H and O–H groups in total. The standard InChI is InChI=1S/C14H14N6/c1-8-3-2-4-9(5-8)10-6-11-12(7-10)15-16-13(11)14-17-19-20-18-14/h2-5,10H,6-7H2,1H3,(H,15,16)(H,17,18,19,20). The Kier molecular flexibility index (Phi) is 2.42. The van der Waals surface area contributed by atoms with Crippen molar-refractivity contribution in [1.29, 1.82) is 0 Å². The van der Waals surface area contributed by atoms with Gasteiger partial charge in [0.1, 0.15) is 5.69 Å². The predicted octanol–water partition coefficient (Wildman–Crippen LogP) is 1.78. The Hall–Kier alpha value is -2.50. The van der Waals surface area contributed by atoms with Gasteiger partial charge in [-0.15, -0.1) is 10.2 Å². The van der Waals surface area contributed by atoms with Gasteiger partial charge in [-0.05, 0) is 36.5 Å². The lowest BCUT2D eigenvalue weighted by atomic mass is 9.95. The van der Waals surface area contributed by atoms with E-state index in [4.69, 9.17) is 0 Å². The third-order valence-corrected chi connectivity index (χ3v) is 3.92. The molecule has 1 aliphatic rings. The Bertz CT molecular complexity index is 743. The van der Waals surface area contributed by atoms with E-state index in [0.29, 0.717) is 11.7 Å². The predicted molar refractivity (Wildman–Crippen MR) is 73.1 cm³/mol. The van der Waals surface area contributed by atoms with E-state index >= 15 is 0 Å². The molecule has 1 unspecified atom stereocenters. The second kappa shape index (κ2) is 4.26. The van der Waals surface area contributed by atoms with Crippen LogP contribution in [0.3, 0.4) is 0 Å². The molecular formula is C14H14N6. The van der Waals surface area contributed by atoms with Crippen LogP contribution in [0, 0.1) is 6.92 Å². The van der Waals surface area contributed by atoms with E-state index in [1.807, 2.05) is 0 Å². The summed E-state index contributed by atoms with van der Waals surface area (Å²) < 4.78 is 0. The van der Waals surface area contributed by atoms with Crippen LogP contribution in [0.4, 0.5) is 0 Å². The maximum absolute atomic E-state index is 4.32. The summed E-state index contributed by atoms with van der Waals surface area (Å²) in [6.45, 7) is 2.13. The van der Waals surface area contributed by atoms with Crippen molar-refractivity contribution in [3.05, 3.63) is 46.6 Å². The fourth-order valence-electron chi connectivity index (χ4n) is 2.96. The minimum absolute atomic E-state index is 0.504. The lowest BCUT2D eigenvalue weighted by Gasteiger charge is -2.10. The van der Waals surface area contributed by atoms with Gasteiger partial charge in [0, 0.05) is 11.3 Å². The third kappa shape index (κ3) is 1.72. The molecule has 0 amide bonds. The zero-order chi connectivity index (χ0) is 13.5. The fourth-order valence-corrected chi connectivity index (χ4v) is 2.96. The van der Waals surface area contributed by atoms with E-state index in [2.05, 4.69) is 62.0 Å². The van der Waals surface area contributed by atoms with Crippen molar-refractivity contribution in [2.45, 2.75) is 25.7 Å². The van der Waals surface area contributed by atoms with Crippen molar-refractivity contribution in [1.82, 2.24) is 30.8 Å². The largest absolute Gasteiger partial charge is 0.282 e. The maximum atomic E-state index is 4.32. The Labute approximate surface area is 115 Å². The van der Waals surface area contributed by atoms with E-state index in [1.54, 1.807) is 0 Å². The highest BCUT2D eigenvalue weighted by Crippen LogP contribution is 2.37. The number of H-pyrrole nitrogens is 2. The van der Waals surface area contributed by atoms with Crippen molar-refractivity contribution in [3.8, 4) is 11.5 Å². The Morgan fingerprint density at radius 2 is 2.15 bits per heavy atom. The molecule has 0 spiro atoms. The van der Waals surface area contributed by atoms with Crippen molar-refractivity contribution in [3.63, 3.8) is 0 Å². The average molecular weight is 266 g/mol. The van der Waals surface area contributed by atoms with Crippen molar-refractivity contribution >= 4 is 0 Å². The van der Waals surface area contributed by atoms with Gasteiger partial charge in [0.15, 0.2) is 0 Å². The minimum Gasteiger partial charge on any atom is -0.282 e. The molecule has 4 rings (SSSR count). The van der Waals surface area contributed by atoms with Crippen LogP contribution in [-0.2, 0) is 12.8 Å². The first-order valence-electron chi connectivity index (χ1n) is 6.68. The molecule has 1 aromatic carbocycles. The summed E-state index contributed by atoms with van der Waals surface area (Å²) in [6.07, 6.45) is 1.96. The van der Waals surface area contributed by atoms with Crippen LogP contribution < -0.4 is 0 Å². The highest BCUT2D eigenvalue weighted by Gasteiger charge is 2.29. The van der Waals surface area contributed by atoms with Gasteiger partial charge in [-0.3, -0.25) is 5.10 Å². The van der Waals surface area contributed by atoms with Crippen LogP contribution in [0.25, 0.3) is 11.5 Å². The molecule has 100 valence electrons. The monoisotopic (exact) mass is 266 g/mol. The second-order valence-corrected chi connectivity index (χ2v) is 5.28. The Morgan fingerprint density at radius 1 is 1.20 bits per heavy atom. The van der Waals surface area contributed by atoms with Gasteiger partial charge in [0.05, 0.1) is 0 Å². The third-order valence-electron chi connectivity index (χ3n) is 3.92. The first-order chi connectivity index (χ1) is 9.81. The first kappa shape index (κ1) is 11.3. The van der Waals surface area contributed by atoms with Crippen LogP contribution in [0.15, 0.2) is 24.3 Å². The summed E-state index contributed by atoms with van der Waals surface area (Å²) in [6, 6.07) is 8.71. The summed E-state index contributed by atoms with van der Waals surface area (Å²) in [5.41, 5.74) is 5.92. The Balaban J connectivity index is 1.68. The number of nitrogens with zero attached hydrogens (tertiary/aromatic N) is 4. The van der Waals surface area contributed by atoms with Crippen LogP contribution in [0.2, 0.25) is 0 Å². The molecule has 6 heteroatoms. The summed E-state index contributed by atoms with van der Waals surface area (Å²) in [5.74, 6) is 1.07. The molecule has 1 aliphatic carbocycles. The smallest absolute Gasteiger partial charge is 0.225 e. The quantitative estimate of drug-likeness (QED) is 0.740. The van der Waals surface area contributed by atoms with Crippen molar-refractivity contribution in [2.75, 3.05) is 0 Å². The summed E-state index contributed by atoms with van der Waals surface area (Å²) >= 11 is 0. The number of hydrogen-bond acceptors (Lipinski definition) is 4. The number of hydrogen-bond donors (Lipinski definition) is 2. The molecule has 1 atom stereocenters. The zero-order valence-corrected chi connectivity index (χ0v) is 11.1. The van der Waals surface area contributed by atoms with E-state index in [0.717, 1.165) is 18.5 Å². The zero-order valence-electron chi connectivity index (χ0n) is 11.1. The number of nitrogens with one attached hydrogen (secondary N) is 2. The molecule has 6 nitrogen and oxygen atoms in total. The number of aromatic nitrogens is 6. The highest BCUT2D eigenvalue weighted by atomic mass is 15.5. The Morgan fingerprint density at radius 3 is 2.95 bits per heavy atom. The molecule has 0 fully saturated rings. The van der Waals surface area contributed by atoms with Gasteiger partial charge in [0.2, 0.25) is 5.82 Å². The topological polar surface area (TPSA) is 83.1 Å². The minimum atomic E-state index is 0.504. The molecule has 2 heterocycles. The normalized spacial score (nSPS) is 17.4. The van der Waals surface area contributed by atoms with Crippen molar-refractivity contribution in [2.24, 2.45) is 0 Å². The second-order valence-electron chi connectivity index (χ2n) is 5.28. The van der Waals surface area contributed by atoms with Crippen LogP contribution in [0.1, 0.15) is 28.3 Å².